The summed E-state index contributed by atoms with van der Waals surface area (Å²) in [7, 11) is 0. The lowest BCUT2D eigenvalue weighted by Crippen LogP contribution is -2.12. The van der Waals surface area contributed by atoms with Crippen molar-refractivity contribution in [3.8, 4) is 0 Å². The molecule has 0 atom stereocenters. The molecule has 0 bridgehead atoms. The molecule has 0 spiro atoms. The van der Waals surface area contributed by atoms with Crippen LogP contribution in [0.15, 0.2) is 59.2 Å². The summed E-state index contributed by atoms with van der Waals surface area (Å²) in [5, 5.41) is 12.6. The third kappa shape index (κ3) is 3.22. The number of pyridine rings is 1. The molecule has 6 heteroatoms. The molecule has 3 rings (SSSR count). The van der Waals surface area contributed by atoms with Gasteiger partial charge in [-0.25, -0.2) is 4.79 Å². The summed E-state index contributed by atoms with van der Waals surface area (Å²) in [4.78, 5) is 27.5. The van der Waals surface area contributed by atoms with Gasteiger partial charge in [-0.3, -0.25) is 9.78 Å². The standard InChI is InChI=1S/C17H11BrN2O3/c18-13-8-12-2-1-3-14(15(12)19-9-13)20-16(21)10-4-6-11(7-5-10)17(22)23/h1-9H,(H,20,21)(H,22,23). The molecule has 0 unspecified atom stereocenters. The highest BCUT2D eigenvalue weighted by atomic mass is 79.9. The highest BCUT2D eigenvalue weighted by Gasteiger charge is 2.10. The zero-order valence-electron chi connectivity index (χ0n) is 11.8. The molecule has 0 saturated heterocycles. The number of carbonyl (C=O) groups is 2. The van der Waals surface area contributed by atoms with E-state index in [4.69, 9.17) is 5.11 Å². The number of benzene rings is 2. The van der Waals surface area contributed by atoms with Crippen LogP contribution in [-0.4, -0.2) is 22.0 Å². The molecule has 0 aliphatic heterocycles. The zero-order valence-corrected chi connectivity index (χ0v) is 13.4. The summed E-state index contributed by atoms with van der Waals surface area (Å²) in [6, 6.07) is 13.2. The minimum Gasteiger partial charge on any atom is -0.478 e. The predicted molar refractivity (Wildman–Crippen MR) is 90.8 cm³/mol. The number of anilines is 1. The quantitative estimate of drug-likeness (QED) is 0.731. The van der Waals surface area contributed by atoms with Crippen LogP contribution < -0.4 is 5.32 Å². The van der Waals surface area contributed by atoms with Crippen LogP contribution >= 0.6 is 15.9 Å². The second-order valence-corrected chi connectivity index (χ2v) is 5.78. The van der Waals surface area contributed by atoms with Crippen LogP contribution in [0, 0.1) is 0 Å². The van der Waals surface area contributed by atoms with Crippen molar-refractivity contribution in [2.75, 3.05) is 5.32 Å². The number of halogens is 1. The van der Waals surface area contributed by atoms with Crippen LogP contribution in [0.1, 0.15) is 20.7 Å². The van der Waals surface area contributed by atoms with Crippen molar-refractivity contribution in [1.29, 1.82) is 0 Å². The van der Waals surface area contributed by atoms with Gasteiger partial charge in [-0.05, 0) is 52.3 Å². The van der Waals surface area contributed by atoms with Crippen molar-refractivity contribution in [1.82, 2.24) is 4.98 Å². The Morgan fingerprint density at radius 2 is 1.74 bits per heavy atom. The topological polar surface area (TPSA) is 79.3 Å². The van der Waals surface area contributed by atoms with Crippen molar-refractivity contribution in [2.45, 2.75) is 0 Å². The van der Waals surface area contributed by atoms with E-state index in [2.05, 4.69) is 26.2 Å². The van der Waals surface area contributed by atoms with E-state index in [-0.39, 0.29) is 11.5 Å². The lowest BCUT2D eigenvalue weighted by Gasteiger charge is -2.08. The largest absolute Gasteiger partial charge is 0.478 e. The first-order valence-corrected chi connectivity index (χ1v) is 7.53. The van der Waals surface area contributed by atoms with Gasteiger partial charge in [0, 0.05) is 21.6 Å². The van der Waals surface area contributed by atoms with Crippen LogP contribution in [0.5, 0.6) is 0 Å². The Kier molecular flexibility index (Phi) is 4.08. The number of amides is 1. The summed E-state index contributed by atoms with van der Waals surface area (Å²) in [5.74, 6) is -1.35. The SMILES string of the molecule is O=C(O)c1ccc(C(=O)Nc2cccc3cc(Br)cnc23)cc1. The zero-order chi connectivity index (χ0) is 16.4. The fraction of sp³-hybridized carbons (Fsp3) is 0. The Bertz CT molecular complexity index is 907. The normalized spacial score (nSPS) is 10.5. The Balaban J connectivity index is 1.89. The third-order valence-corrected chi connectivity index (χ3v) is 3.75. The molecule has 5 nitrogen and oxygen atoms in total. The number of fused-ring (bicyclic) bond motifs is 1. The molecule has 2 N–H and O–H groups in total. The van der Waals surface area contributed by atoms with E-state index in [1.54, 1.807) is 12.3 Å². The van der Waals surface area contributed by atoms with E-state index in [0.29, 0.717) is 16.8 Å². The number of aromatic nitrogens is 1. The van der Waals surface area contributed by atoms with Crippen molar-refractivity contribution >= 4 is 44.4 Å². The average molecular weight is 371 g/mol. The number of hydrogen-bond acceptors (Lipinski definition) is 3. The number of aromatic carboxylic acids is 1. The first-order chi connectivity index (χ1) is 11.0. The molecule has 0 aliphatic rings. The molecule has 114 valence electrons. The number of carboxylic acid groups (broad SMARTS) is 1. The summed E-state index contributed by atoms with van der Waals surface area (Å²) in [6.45, 7) is 0. The average Bonchev–Trinajstić information content (AvgIpc) is 2.54. The molecular formula is C17H11BrN2O3. The maximum absolute atomic E-state index is 12.3. The lowest BCUT2D eigenvalue weighted by molar-refractivity contribution is 0.0696. The lowest BCUT2D eigenvalue weighted by atomic mass is 10.1. The molecule has 0 radical (unpaired) electrons. The molecule has 3 aromatic rings. The summed E-state index contributed by atoms with van der Waals surface area (Å²) in [5.41, 5.74) is 1.80. The van der Waals surface area contributed by atoms with Crippen LogP contribution in [0.3, 0.4) is 0 Å². The second kappa shape index (κ2) is 6.18. The maximum Gasteiger partial charge on any atom is 0.335 e. The predicted octanol–water partition coefficient (Wildman–Crippen LogP) is 3.95. The van der Waals surface area contributed by atoms with Crippen molar-refractivity contribution in [3.63, 3.8) is 0 Å². The molecule has 1 heterocycles. The van der Waals surface area contributed by atoms with Gasteiger partial charge >= 0.3 is 5.97 Å². The minimum absolute atomic E-state index is 0.137. The van der Waals surface area contributed by atoms with Crippen LogP contribution in [0.2, 0.25) is 0 Å². The maximum atomic E-state index is 12.3. The molecule has 1 aromatic heterocycles. The third-order valence-electron chi connectivity index (χ3n) is 3.32. The summed E-state index contributed by atoms with van der Waals surface area (Å²) < 4.78 is 0.859. The van der Waals surface area contributed by atoms with Crippen molar-refractivity contribution in [3.05, 3.63) is 70.3 Å². The Morgan fingerprint density at radius 3 is 2.43 bits per heavy atom. The van der Waals surface area contributed by atoms with Crippen LogP contribution in [0.25, 0.3) is 10.9 Å². The van der Waals surface area contributed by atoms with E-state index >= 15 is 0 Å². The smallest absolute Gasteiger partial charge is 0.335 e. The van der Waals surface area contributed by atoms with Gasteiger partial charge < -0.3 is 10.4 Å². The highest BCUT2D eigenvalue weighted by molar-refractivity contribution is 9.10. The van der Waals surface area contributed by atoms with Gasteiger partial charge in [0.1, 0.15) is 0 Å². The van der Waals surface area contributed by atoms with Gasteiger partial charge in [0.05, 0.1) is 16.8 Å². The highest BCUT2D eigenvalue weighted by Crippen LogP contribution is 2.24. The number of nitrogens with zero attached hydrogens (tertiary/aromatic N) is 1. The first-order valence-electron chi connectivity index (χ1n) is 6.73. The van der Waals surface area contributed by atoms with Crippen molar-refractivity contribution < 1.29 is 14.7 Å². The number of nitrogens with one attached hydrogen (secondary N) is 1. The summed E-state index contributed by atoms with van der Waals surface area (Å²) in [6.07, 6.45) is 1.67. The molecule has 1 amide bonds. The van der Waals surface area contributed by atoms with Crippen molar-refractivity contribution in [2.24, 2.45) is 0 Å². The number of para-hydroxylation sites is 1. The van der Waals surface area contributed by atoms with Crippen LogP contribution in [-0.2, 0) is 0 Å². The monoisotopic (exact) mass is 370 g/mol. The van der Waals surface area contributed by atoms with E-state index in [9.17, 15) is 9.59 Å². The Hall–Kier alpha value is -2.73. The van der Waals surface area contributed by atoms with E-state index in [1.807, 2.05) is 18.2 Å². The number of hydrogen-bond donors (Lipinski definition) is 2. The van der Waals surface area contributed by atoms with E-state index in [0.717, 1.165) is 9.86 Å². The molecule has 2 aromatic carbocycles. The summed E-state index contributed by atoms with van der Waals surface area (Å²) >= 11 is 3.37. The Labute approximate surface area is 140 Å². The van der Waals surface area contributed by atoms with Gasteiger partial charge in [-0.15, -0.1) is 0 Å². The van der Waals surface area contributed by atoms with Gasteiger partial charge in [-0.2, -0.15) is 0 Å². The number of carboxylic acids is 1. The fourth-order valence-corrected chi connectivity index (χ4v) is 2.54. The van der Waals surface area contributed by atoms with E-state index < -0.39 is 5.97 Å². The van der Waals surface area contributed by atoms with Gasteiger partial charge in [0.25, 0.3) is 5.91 Å². The molecule has 0 saturated carbocycles. The molecule has 23 heavy (non-hydrogen) atoms. The molecular weight excluding hydrogens is 360 g/mol. The molecule has 0 fully saturated rings. The van der Waals surface area contributed by atoms with E-state index in [1.165, 1.54) is 24.3 Å². The number of rotatable bonds is 3. The van der Waals surface area contributed by atoms with Crippen LogP contribution in [0.4, 0.5) is 5.69 Å². The first kappa shape index (κ1) is 15.2. The van der Waals surface area contributed by atoms with Gasteiger partial charge in [-0.1, -0.05) is 12.1 Å². The van der Waals surface area contributed by atoms with Gasteiger partial charge in [0.2, 0.25) is 0 Å². The Morgan fingerprint density at radius 1 is 1.04 bits per heavy atom. The number of carbonyl (C=O) groups excluding carboxylic acids is 1. The molecule has 0 aliphatic carbocycles. The second-order valence-electron chi connectivity index (χ2n) is 4.87. The van der Waals surface area contributed by atoms with Gasteiger partial charge in [0.15, 0.2) is 0 Å². The minimum atomic E-state index is -1.03. The fourth-order valence-electron chi connectivity index (χ4n) is 2.19.